The Hall–Kier alpha value is -11.1. The maximum Gasteiger partial charge on any atom is 0.256 e. The number of carbonyl (C=O) groups excluding carboxylic acids is 7. The number of imidazole rings is 6. The first-order valence-electron chi connectivity index (χ1n) is 40.2. The van der Waals surface area contributed by atoms with E-state index >= 15 is 0 Å². The van der Waals surface area contributed by atoms with E-state index in [-0.39, 0.29) is 47.8 Å². The predicted molar refractivity (Wildman–Crippen MR) is 478 cm³/mol. The molecule has 0 atom stereocenters. The minimum Gasteiger partial charge on any atom is -0.390 e. The number of aliphatic hydroxyl groups excluding tert-OH is 1. The van der Waals surface area contributed by atoms with Crippen molar-refractivity contribution < 1.29 is 48.1 Å². The highest BCUT2D eigenvalue weighted by atomic mass is 35.5. The highest BCUT2D eigenvalue weighted by molar-refractivity contribution is 6.33. The molecule has 12 aromatic rings. The van der Waals surface area contributed by atoms with E-state index in [0.717, 1.165) is 118 Å². The van der Waals surface area contributed by atoms with Gasteiger partial charge < -0.3 is 66.8 Å². The van der Waals surface area contributed by atoms with Crippen molar-refractivity contribution in [3.63, 3.8) is 0 Å². The number of methoxy groups -OCH3 is 1. The lowest BCUT2D eigenvalue weighted by Crippen LogP contribution is -2.27. The van der Waals surface area contributed by atoms with E-state index in [1.54, 1.807) is 182 Å². The fourth-order valence-electron chi connectivity index (χ4n) is 15.3. The molecule has 0 unspecified atom stereocenters. The monoisotopic (exact) mass is 1830 g/mol. The molecule has 6 aromatic carbocycles. The summed E-state index contributed by atoms with van der Waals surface area (Å²) in [6.45, 7) is 15.1. The van der Waals surface area contributed by atoms with Crippen LogP contribution in [0.3, 0.4) is 0 Å². The Morgan fingerprint density at radius 2 is 0.656 bits per heavy atom. The van der Waals surface area contributed by atoms with E-state index in [4.69, 9.17) is 90.7 Å². The lowest BCUT2D eigenvalue weighted by Gasteiger charge is -2.19. The summed E-state index contributed by atoms with van der Waals surface area (Å²) in [5, 5.41) is 12.6. The molecule has 6 aromatic heterocycles. The predicted octanol–water partition coefficient (Wildman–Crippen LogP) is 15.8. The lowest BCUT2D eigenvalue weighted by molar-refractivity contribution is 0.0778. The molecule has 6 aliphatic rings. The van der Waals surface area contributed by atoms with E-state index in [1.807, 2.05) is 85.0 Å². The Labute approximate surface area is 757 Å². The summed E-state index contributed by atoms with van der Waals surface area (Å²) < 4.78 is 22.1. The molecule has 18 rings (SSSR count). The average molecular weight is 1840 g/mol. The van der Waals surface area contributed by atoms with Crippen LogP contribution in [0.4, 0.5) is 0 Å². The molecular formula is C89H92Cl7N19O10. The van der Waals surface area contributed by atoms with Crippen molar-refractivity contribution in [3.8, 4) is 34.1 Å². The molecule has 0 saturated heterocycles. The van der Waals surface area contributed by atoms with Crippen LogP contribution in [0.1, 0.15) is 182 Å². The second-order valence-corrected chi connectivity index (χ2v) is 33.1. The van der Waals surface area contributed by atoms with Crippen molar-refractivity contribution in [2.75, 3.05) is 69.1 Å². The zero-order valence-corrected chi connectivity index (χ0v) is 75.9. The van der Waals surface area contributed by atoms with Crippen molar-refractivity contribution in [1.29, 1.82) is 0 Å². The van der Waals surface area contributed by atoms with Crippen molar-refractivity contribution in [2.45, 2.75) is 118 Å². The quantitative estimate of drug-likeness (QED) is 0.0737. The van der Waals surface area contributed by atoms with Crippen molar-refractivity contribution >= 4 is 122 Å². The SMILES string of the molecule is CCCCC(=O)c1ncn2c1CN(C)C(=O)c1cc(Cl)ccc1-2.CCN(CC)Cc1ncn2c1CN(C)C(=O)c1cc(Cl)ccc1-2.CCOCc1ncn2c1CN(C)C(=O)c1cc(Cl)ccc1-2.CN1Cc2c(CCl)ncn2-c2ccc(Cl)cc2C1=O.CN1Cc2c(CO)ncn2-c2ccc(Cl)cc2C1=O.COCc1ncn2c1CN(C)C(=O)c1cc(Cl)ccc1-2. The van der Waals surface area contributed by atoms with E-state index in [9.17, 15) is 38.7 Å². The molecule has 0 aliphatic carbocycles. The summed E-state index contributed by atoms with van der Waals surface area (Å²) in [5.41, 5.74) is 18.2. The van der Waals surface area contributed by atoms with Crippen molar-refractivity contribution in [2.24, 2.45) is 0 Å². The lowest BCUT2D eigenvalue weighted by atomic mass is 10.1. The topological polar surface area (TPSA) is 288 Å². The minimum atomic E-state index is -0.146. The molecule has 29 nitrogen and oxygen atoms in total. The number of nitrogens with zero attached hydrogens (tertiary/aromatic N) is 19. The molecule has 6 aliphatic heterocycles. The van der Waals surface area contributed by atoms with Crippen LogP contribution in [0.15, 0.2) is 147 Å². The average Bonchev–Trinajstić information content (AvgIpc) is 1.65. The summed E-state index contributed by atoms with van der Waals surface area (Å²) in [4.78, 5) is 126. The van der Waals surface area contributed by atoms with Crippen LogP contribution in [0.5, 0.6) is 0 Å². The van der Waals surface area contributed by atoms with Gasteiger partial charge in [0.05, 0.1) is 227 Å². The molecule has 0 fully saturated rings. The fourth-order valence-corrected chi connectivity index (χ4v) is 16.6. The Morgan fingerprint density at radius 1 is 0.384 bits per heavy atom. The van der Waals surface area contributed by atoms with Gasteiger partial charge in [0.15, 0.2) is 5.78 Å². The highest BCUT2D eigenvalue weighted by Gasteiger charge is 2.34. The molecule has 0 radical (unpaired) electrons. The van der Waals surface area contributed by atoms with Crippen LogP contribution < -0.4 is 0 Å². The van der Waals surface area contributed by atoms with E-state index in [0.29, 0.717) is 152 Å². The first kappa shape index (κ1) is 91.6. The van der Waals surface area contributed by atoms with Gasteiger partial charge >= 0.3 is 0 Å². The van der Waals surface area contributed by atoms with Crippen LogP contribution in [0.2, 0.25) is 30.1 Å². The van der Waals surface area contributed by atoms with Crippen LogP contribution in [-0.4, -0.2) is 207 Å². The third-order valence-electron chi connectivity index (χ3n) is 22.0. The summed E-state index contributed by atoms with van der Waals surface area (Å²) in [6.07, 6.45) is 12.5. The van der Waals surface area contributed by atoms with E-state index < -0.39 is 0 Å². The summed E-state index contributed by atoms with van der Waals surface area (Å²) in [5.74, 6) is -0.00949. The summed E-state index contributed by atoms with van der Waals surface area (Å²) in [7, 11) is 12.2. The van der Waals surface area contributed by atoms with Gasteiger partial charge in [0.1, 0.15) is 12.0 Å². The van der Waals surface area contributed by atoms with Crippen LogP contribution in [0.25, 0.3) is 34.1 Å². The maximum atomic E-state index is 12.6. The Morgan fingerprint density at radius 3 is 0.960 bits per heavy atom. The molecule has 0 bridgehead atoms. The number of ether oxygens (including phenoxy) is 2. The molecule has 0 saturated carbocycles. The number of unbranched alkanes of at least 4 members (excludes halogenated alkanes) is 1. The van der Waals surface area contributed by atoms with Crippen LogP contribution >= 0.6 is 81.2 Å². The normalized spacial score (nSPS) is 13.9. The smallest absolute Gasteiger partial charge is 0.256 e. The van der Waals surface area contributed by atoms with E-state index in [1.165, 1.54) is 0 Å². The zero-order valence-electron chi connectivity index (χ0n) is 70.6. The molecule has 125 heavy (non-hydrogen) atoms. The molecule has 652 valence electrons. The van der Waals surface area contributed by atoms with Gasteiger partial charge in [-0.3, -0.25) is 43.0 Å². The molecule has 12 heterocycles. The van der Waals surface area contributed by atoms with Gasteiger partial charge in [0.2, 0.25) is 0 Å². The number of Topliss-reactive ketones (excluding diaryl/α,β-unsaturated/α-hetero) is 1. The molecule has 1 N–H and O–H groups in total. The van der Waals surface area contributed by atoms with Gasteiger partial charge in [-0.15, -0.1) is 11.6 Å². The number of fused-ring (bicyclic) bond motifs is 18. The number of rotatable bonds is 15. The minimum absolute atomic E-state index is 0.0139. The Balaban J connectivity index is 0.000000129. The third-order valence-corrected chi connectivity index (χ3v) is 23.7. The standard InChI is InChI=1S/C17H21ClN4O.C17H18ClN3O2.C15H16ClN3O2.C14H14ClN3O2.C13H11Cl2N3O.C13H12ClN3O2/c1-4-21(5-2)9-14-16-10-20(3)17(23)13-8-12(18)6-7-15(13)22(16)11-19-14;1-3-4-5-15(22)16-14-9-20(2)17(23)12-8-11(18)6-7-13(12)21(14)10-19-16;1-3-21-8-12-14-7-18(2)15(20)11-6-10(16)4-5-13(11)19(14)9-17-12;1-17-6-13-11(7-20-2)16-8-18(13)12-4-3-9(15)5-10(12)14(17)19;1-17-6-12-10(5-14)16-7-18(12)11-3-2-8(15)4-9(11)13(17)19;1-16-5-12-10(6-18)15-7-17(12)11-3-2-8(14)4-9(11)13(16)19/h6-8,11H,4-5,9-10H2,1-3H3;6-8,10H,3-5,9H2,1-2H3;4-6,9H,3,7-8H2,1-2H3;3-5,8H,6-7H2,1-2H3;2-4,7H,5-6H2,1H3;2-4,7,18H,5-6H2,1H3. The van der Waals surface area contributed by atoms with Gasteiger partial charge in [-0.1, -0.05) is 96.8 Å². The molecule has 36 heteroatoms. The fraction of sp³-hybridized carbons (Fsp3) is 0.315. The summed E-state index contributed by atoms with van der Waals surface area (Å²) in [6, 6.07) is 31.7. The zero-order chi connectivity index (χ0) is 89.5. The van der Waals surface area contributed by atoms with Crippen molar-refractivity contribution in [1.82, 2.24) is 91.6 Å². The Bertz CT molecular complexity index is 5990. The number of carbonyl (C=O) groups is 7. The van der Waals surface area contributed by atoms with Gasteiger partial charge in [-0.2, -0.15) is 0 Å². The second kappa shape index (κ2) is 40.1. The van der Waals surface area contributed by atoms with Gasteiger partial charge in [0.25, 0.3) is 35.4 Å². The van der Waals surface area contributed by atoms with Crippen LogP contribution in [0, 0.1) is 0 Å². The summed E-state index contributed by atoms with van der Waals surface area (Å²) >= 11 is 42.0. The van der Waals surface area contributed by atoms with Gasteiger partial charge in [0, 0.05) is 99.1 Å². The second-order valence-electron chi connectivity index (χ2n) is 30.2. The number of aromatic nitrogens is 12. The van der Waals surface area contributed by atoms with Gasteiger partial charge in [-0.25, -0.2) is 29.9 Å². The molecular weight excluding hydrogens is 1740 g/mol. The van der Waals surface area contributed by atoms with Crippen LogP contribution in [-0.2, 0) is 81.0 Å². The van der Waals surface area contributed by atoms with Gasteiger partial charge in [-0.05, 0) is 136 Å². The Kier molecular flexibility index (Phi) is 29.4. The number of benzene rings is 6. The number of ketones is 1. The number of aliphatic hydroxyl groups is 1. The number of hydrogen-bond donors (Lipinski definition) is 1. The first-order chi connectivity index (χ1) is 60.0. The molecule has 0 spiro atoms. The number of amides is 6. The number of alkyl halides is 1. The maximum absolute atomic E-state index is 12.6. The number of hydrogen-bond acceptors (Lipinski definition) is 17. The largest absolute Gasteiger partial charge is 0.390 e. The first-order valence-corrected chi connectivity index (χ1v) is 43.0. The van der Waals surface area contributed by atoms with E-state index in [2.05, 4.69) is 48.7 Å². The third kappa shape index (κ3) is 19.4. The molecule has 6 amide bonds. The number of halogens is 7. The highest BCUT2D eigenvalue weighted by Crippen LogP contribution is 2.36. The van der Waals surface area contributed by atoms with Crippen molar-refractivity contribution in [3.05, 3.63) is 279 Å².